The monoisotopic (exact) mass is 453 g/mol. The highest BCUT2D eigenvalue weighted by atomic mass is 19.1. The van der Waals surface area contributed by atoms with E-state index in [4.69, 9.17) is 4.74 Å². The van der Waals surface area contributed by atoms with E-state index in [2.05, 4.69) is 31.0 Å². The first kappa shape index (κ1) is 22.3. The molecule has 3 heterocycles. The first-order chi connectivity index (χ1) is 16.0. The van der Waals surface area contributed by atoms with Gasteiger partial charge in [0.2, 0.25) is 5.91 Å². The van der Waals surface area contributed by atoms with Gasteiger partial charge in [-0.2, -0.15) is 15.4 Å². The molecule has 4 rings (SSSR count). The van der Waals surface area contributed by atoms with Gasteiger partial charge in [0.05, 0.1) is 30.7 Å². The zero-order valence-corrected chi connectivity index (χ0v) is 18.0. The number of aromatic nitrogens is 4. The number of aromatic amines is 1. The number of nitrogens with one attached hydrogen (secondary N) is 3. The summed E-state index contributed by atoms with van der Waals surface area (Å²) in [7, 11) is 0. The number of carbonyl (C=O) groups is 2. The lowest BCUT2D eigenvalue weighted by molar-refractivity contribution is -0.119. The Kier molecular flexibility index (Phi) is 6.89. The summed E-state index contributed by atoms with van der Waals surface area (Å²) in [5, 5.41) is 16.2. The number of hydrogen-bond donors (Lipinski definition) is 3. The van der Waals surface area contributed by atoms with E-state index in [0.717, 1.165) is 24.4 Å². The number of nitrogens with zero attached hydrogens (tertiary/aromatic N) is 4. The first-order valence-electron chi connectivity index (χ1n) is 10.5. The Hall–Kier alpha value is -3.86. The Morgan fingerprint density at radius 2 is 2.15 bits per heavy atom. The van der Waals surface area contributed by atoms with Crippen LogP contribution in [0.5, 0.6) is 0 Å². The molecular formula is C22H24FN7O3. The second-order valence-corrected chi connectivity index (χ2v) is 7.64. The van der Waals surface area contributed by atoms with Crippen molar-refractivity contribution in [2.24, 2.45) is 0 Å². The normalized spacial score (nSPS) is 15.5. The number of carbonyl (C=O) groups excluding carboxylic acids is 2. The van der Waals surface area contributed by atoms with E-state index < -0.39 is 18.0 Å². The summed E-state index contributed by atoms with van der Waals surface area (Å²) in [6, 6.07) is 8.28. The average molecular weight is 453 g/mol. The predicted octanol–water partition coefficient (Wildman–Crippen LogP) is 1.80. The Labute approximate surface area is 189 Å². The van der Waals surface area contributed by atoms with Crippen molar-refractivity contribution in [1.82, 2.24) is 31.0 Å². The lowest BCUT2D eigenvalue weighted by atomic mass is 10.1. The number of H-pyrrole nitrogens is 1. The van der Waals surface area contributed by atoms with Gasteiger partial charge in [0.1, 0.15) is 11.9 Å². The average Bonchev–Trinajstić information content (AvgIpc) is 3.45. The van der Waals surface area contributed by atoms with Crippen LogP contribution in [0.25, 0.3) is 11.1 Å². The number of hydrogen-bond acceptors (Lipinski definition) is 7. The first-order valence-corrected chi connectivity index (χ1v) is 10.5. The van der Waals surface area contributed by atoms with Gasteiger partial charge in [-0.25, -0.2) is 9.18 Å². The number of halogens is 1. The second-order valence-electron chi connectivity index (χ2n) is 7.64. The topological polar surface area (TPSA) is 125 Å². The molecule has 1 atom stereocenters. The minimum Gasteiger partial charge on any atom is -0.442 e. The van der Waals surface area contributed by atoms with Crippen LogP contribution in [-0.4, -0.2) is 58.1 Å². The zero-order valence-electron chi connectivity index (χ0n) is 18.0. The third-order valence-corrected chi connectivity index (χ3v) is 5.18. The van der Waals surface area contributed by atoms with Gasteiger partial charge in [0.25, 0.3) is 0 Å². The Bertz CT molecular complexity index is 1110. The summed E-state index contributed by atoms with van der Waals surface area (Å²) in [5.41, 5.74) is 3.15. The third kappa shape index (κ3) is 5.69. The smallest absolute Gasteiger partial charge is 0.414 e. The Morgan fingerprint density at radius 3 is 2.85 bits per heavy atom. The van der Waals surface area contributed by atoms with Gasteiger partial charge >= 0.3 is 6.09 Å². The lowest BCUT2D eigenvalue weighted by Gasteiger charge is -2.14. The van der Waals surface area contributed by atoms with Crippen LogP contribution in [0.15, 0.2) is 42.7 Å². The molecule has 11 heteroatoms. The molecule has 3 aromatic rings. The van der Waals surface area contributed by atoms with Crippen molar-refractivity contribution in [3.05, 3.63) is 59.9 Å². The number of benzene rings is 1. The molecule has 1 fully saturated rings. The molecule has 1 saturated heterocycles. The Morgan fingerprint density at radius 1 is 1.27 bits per heavy atom. The molecular weight excluding hydrogens is 429 g/mol. The molecule has 2 amide bonds. The largest absolute Gasteiger partial charge is 0.442 e. The number of cyclic esters (lactones) is 1. The Balaban J connectivity index is 1.34. The van der Waals surface area contributed by atoms with E-state index in [-0.39, 0.29) is 19.0 Å². The van der Waals surface area contributed by atoms with Gasteiger partial charge in [-0.05, 0) is 24.3 Å². The van der Waals surface area contributed by atoms with Crippen LogP contribution >= 0.6 is 0 Å². The number of anilines is 1. The van der Waals surface area contributed by atoms with Gasteiger partial charge in [0, 0.05) is 49.5 Å². The third-order valence-electron chi connectivity index (χ3n) is 5.18. The van der Waals surface area contributed by atoms with Crippen molar-refractivity contribution in [1.29, 1.82) is 0 Å². The maximum Gasteiger partial charge on any atom is 0.414 e. The fraction of sp³-hybridized carbons (Fsp3) is 0.318. The molecule has 0 radical (unpaired) electrons. The minimum absolute atomic E-state index is 0.206. The SMILES string of the molecule is CC(=O)NC[C@H]1CN(c2ccc(-c3ccc(CCNCc4cn[nH]n4)nc3)c(F)c2)C(=O)O1. The van der Waals surface area contributed by atoms with E-state index in [1.807, 2.05) is 12.1 Å². The molecule has 2 aromatic heterocycles. The van der Waals surface area contributed by atoms with Crippen LogP contribution in [0.4, 0.5) is 14.9 Å². The zero-order chi connectivity index (χ0) is 23.2. The molecule has 33 heavy (non-hydrogen) atoms. The predicted molar refractivity (Wildman–Crippen MR) is 118 cm³/mol. The summed E-state index contributed by atoms with van der Waals surface area (Å²) in [6.07, 6.45) is 2.97. The molecule has 172 valence electrons. The van der Waals surface area contributed by atoms with Crippen molar-refractivity contribution in [2.75, 3.05) is 24.5 Å². The van der Waals surface area contributed by atoms with E-state index in [0.29, 0.717) is 23.4 Å². The molecule has 3 N–H and O–H groups in total. The summed E-state index contributed by atoms with van der Waals surface area (Å²) < 4.78 is 20.1. The van der Waals surface area contributed by atoms with Gasteiger partial charge in [-0.15, -0.1) is 0 Å². The molecule has 1 aliphatic heterocycles. The fourth-order valence-corrected chi connectivity index (χ4v) is 3.48. The highest BCUT2D eigenvalue weighted by molar-refractivity contribution is 5.90. The standard InChI is InChI=1S/C22H24FN7O3/c1-14(31)25-12-19-13-30(22(32)33-19)18-4-5-20(21(23)8-18)15-2-3-16(26-9-15)6-7-24-10-17-11-27-29-28-17/h2-5,8-9,11,19,24H,6-7,10,12-13H2,1H3,(H,25,31)(H,27,28,29)/t19-/m0/s1. The van der Waals surface area contributed by atoms with Gasteiger partial charge in [-0.1, -0.05) is 6.07 Å². The highest BCUT2D eigenvalue weighted by Gasteiger charge is 2.32. The minimum atomic E-state index is -0.569. The van der Waals surface area contributed by atoms with Gasteiger partial charge < -0.3 is 15.4 Å². The molecule has 0 spiro atoms. The van der Waals surface area contributed by atoms with Crippen molar-refractivity contribution >= 4 is 17.7 Å². The molecule has 0 aliphatic carbocycles. The molecule has 1 aliphatic rings. The second kappa shape index (κ2) is 10.2. The summed E-state index contributed by atoms with van der Waals surface area (Å²) in [4.78, 5) is 29.0. The van der Waals surface area contributed by atoms with Crippen LogP contribution in [-0.2, 0) is 22.5 Å². The number of rotatable bonds is 9. The fourth-order valence-electron chi connectivity index (χ4n) is 3.48. The van der Waals surface area contributed by atoms with E-state index >= 15 is 0 Å². The number of amides is 2. The summed E-state index contributed by atoms with van der Waals surface area (Å²) in [5.74, 6) is -0.670. The van der Waals surface area contributed by atoms with Gasteiger partial charge in [0.15, 0.2) is 0 Å². The maximum absolute atomic E-state index is 14.9. The number of pyridine rings is 1. The van der Waals surface area contributed by atoms with E-state index in [1.165, 1.54) is 17.9 Å². The van der Waals surface area contributed by atoms with Crippen LogP contribution in [0.3, 0.4) is 0 Å². The van der Waals surface area contributed by atoms with Gasteiger partial charge in [-0.3, -0.25) is 14.7 Å². The summed E-state index contributed by atoms with van der Waals surface area (Å²) in [6.45, 7) is 3.17. The summed E-state index contributed by atoms with van der Waals surface area (Å²) >= 11 is 0. The highest BCUT2D eigenvalue weighted by Crippen LogP contribution is 2.28. The molecule has 10 nitrogen and oxygen atoms in total. The van der Waals surface area contributed by atoms with E-state index in [9.17, 15) is 14.0 Å². The maximum atomic E-state index is 14.9. The van der Waals surface area contributed by atoms with Crippen molar-refractivity contribution < 1.29 is 18.7 Å². The van der Waals surface area contributed by atoms with E-state index in [1.54, 1.807) is 24.5 Å². The lowest BCUT2D eigenvalue weighted by Crippen LogP contribution is -2.33. The molecule has 1 aromatic carbocycles. The number of ether oxygens (including phenoxy) is 1. The van der Waals surface area contributed by atoms with Crippen molar-refractivity contribution in [2.45, 2.75) is 26.0 Å². The quantitative estimate of drug-likeness (QED) is 0.422. The molecule has 0 unspecified atom stereocenters. The van der Waals surface area contributed by atoms with Crippen LogP contribution < -0.4 is 15.5 Å². The van der Waals surface area contributed by atoms with Crippen LogP contribution in [0.2, 0.25) is 0 Å². The van der Waals surface area contributed by atoms with Crippen molar-refractivity contribution in [3.63, 3.8) is 0 Å². The van der Waals surface area contributed by atoms with Crippen molar-refractivity contribution in [3.8, 4) is 11.1 Å². The molecule has 0 saturated carbocycles. The molecule has 0 bridgehead atoms. The van der Waals surface area contributed by atoms with Crippen LogP contribution in [0.1, 0.15) is 18.3 Å². The van der Waals surface area contributed by atoms with Crippen LogP contribution in [0, 0.1) is 5.82 Å².